The van der Waals surface area contributed by atoms with Crippen LogP contribution in [0.3, 0.4) is 0 Å². The molecule has 1 aromatic heterocycles. The van der Waals surface area contributed by atoms with Gasteiger partial charge in [0.2, 0.25) is 0 Å². The Kier molecular flexibility index (Phi) is 8.22. The summed E-state index contributed by atoms with van der Waals surface area (Å²) in [5.74, 6) is -0.161. The SMILES string of the molecule is CC(CN(C)Cc1ccccc1)NC(=O)c1cn(C2CCNCC2)nn1.Cl. The summed E-state index contributed by atoms with van der Waals surface area (Å²) in [5.41, 5.74) is 1.65. The third-order valence-corrected chi connectivity index (χ3v) is 4.68. The van der Waals surface area contributed by atoms with E-state index in [1.807, 2.05) is 29.8 Å². The third-order valence-electron chi connectivity index (χ3n) is 4.68. The van der Waals surface area contributed by atoms with Gasteiger partial charge in [0.25, 0.3) is 5.91 Å². The van der Waals surface area contributed by atoms with Crippen molar-refractivity contribution in [1.29, 1.82) is 0 Å². The minimum absolute atomic E-state index is 0. The highest BCUT2D eigenvalue weighted by atomic mass is 35.5. The maximum absolute atomic E-state index is 12.4. The summed E-state index contributed by atoms with van der Waals surface area (Å²) in [6.07, 6.45) is 3.81. The maximum Gasteiger partial charge on any atom is 0.273 e. The highest BCUT2D eigenvalue weighted by Crippen LogP contribution is 2.17. The molecule has 1 aliphatic heterocycles. The van der Waals surface area contributed by atoms with Gasteiger partial charge >= 0.3 is 0 Å². The zero-order valence-electron chi connectivity index (χ0n) is 16.0. The van der Waals surface area contributed by atoms with Crippen molar-refractivity contribution in [3.05, 3.63) is 47.8 Å². The van der Waals surface area contributed by atoms with E-state index in [2.05, 4.69) is 45.0 Å². The Morgan fingerprint density at radius 2 is 2.04 bits per heavy atom. The number of nitrogens with zero attached hydrogens (tertiary/aromatic N) is 4. The normalized spacial score (nSPS) is 16.0. The third kappa shape index (κ3) is 6.30. The molecule has 0 aliphatic carbocycles. The molecule has 1 unspecified atom stereocenters. The summed E-state index contributed by atoms with van der Waals surface area (Å²) < 4.78 is 1.84. The molecule has 0 bridgehead atoms. The number of aromatic nitrogens is 3. The van der Waals surface area contributed by atoms with Crippen LogP contribution in [0.4, 0.5) is 0 Å². The Balaban J connectivity index is 0.00000261. The van der Waals surface area contributed by atoms with Crippen molar-refractivity contribution in [2.24, 2.45) is 0 Å². The van der Waals surface area contributed by atoms with Gasteiger partial charge in [-0.25, -0.2) is 4.68 Å². The van der Waals surface area contributed by atoms with Crippen LogP contribution < -0.4 is 10.6 Å². The first-order valence-corrected chi connectivity index (χ1v) is 9.27. The van der Waals surface area contributed by atoms with Crippen LogP contribution in [0.15, 0.2) is 36.5 Å². The minimum atomic E-state index is -0.161. The van der Waals surface area contributed by atoms with Crippen LogP contribution in [0.25, 0.3) is 0 Å². The van der Waals surface area contributed by atoms with Gasteiger partial charge in [0.15, 0.2) is 5.69 Å². The number of halogens is 1. The van der Waals surface area contributed by atoms with Gasteiger partial charge in [-0.2, -0.15) is 0 Å². The summed E-state index contributed by atoms with van der Waals surface area (Å²) >= 11 is 0. The lowest BCUT2D eigenvalue weighted by atomic mass is 10.1. The van der Waals surface area contributed by atoms with Gasteiger partial charge < -0.3 is 15.5 Å². The van der Waals surface area contributed by atoms with Crippen molar-refractivity contribution in [2.45, 2.75) is 38.4 Å². The first kappa shape index (κ1) is 21.3. The predicted octanol–water partition coefficient (Wildman–Crippen LogP) is 1.87. The second kappa shape index (κ2) is 10.4. The van der Waals surface area contributed by atoms with Gasteiger partial charge in [-0.15, -0.1) is 17.5 Å². The van der Waals surface area contributed by atoms with Crippen LogP contribution >= 0.6 is 12.4 Å². The van der Waals surface area contributed by atoms with Crippen LogP contribution in [0.5, 0.6) is 0 Å². The Morgan fingerprint density at radius 1 is 1.33 bits per heavy atom. The van der Waals surface area contributed by atoms with Crippen molar-refractivity contribution in [3.63, 3.8) is 0 Å². The largest absolute Gasteiger partial charge is 0.347 e. The standard InChI is InChI=1S/C19H28N6O.ClH/c1-15(12-24(2)13-16-6-4-3-5-7-16)21-19(26)18-14-25(23-22-18)17-8-10-20-11-9-17;/h3-7,14-15,17,20H,8-13H2,1-2H3,(H,21,26);1H. The van der Waals surface area contributed by atoms with Crippen LogP contribution in [0.1, 0.15) is 41.9 Å². The molecule has 2 aromatic rings. The Bertz CT molecular complexity index is 701. The molecule has 0 saturated carbocycles. The minimum Gasteiger partial charge on any atom is -0.347 e. The molecule has 27 heavy (non-hydrogen) atoms. The molecule has 1 aromatic carbocycles. The number of rotatable bonds is 7. The quantitative estimate of drug-likeness (QED) is 0.752. The first-order valence-electron chi connectivity index (χ1n) is 9.27. The monoisotopic (exact) mass is 392 g/mol. The van der Waals surface area contributed by atoms with E-state index in [-0.39, 0.29) is 24.4 Å². The first-order chi connectivity index (χ1) is 12.6. The van der Waals surface area contributed by atoms with Crippen molar-refractivity contribution in [3.8, 4) is 0 Å². The van der Waals surface area contributed by atoms with Gasteiger partial charge in [0.1, 0.15) is 0 Å². The van der Waals surface area contributed by atoms with Gasteiger partial charge in [-0.1, -0.05) is 35.5 Å². The number of amides is 1. The molecule has 0 radical (unpaired) electrons. The molecule has 3 rings (SSSR count). The van der Waals surface area contributed by atoms with Crippen molar-refractivity contribution in [2.75, 3.05) is 26.7 Å². The highest BCUT2D eigenvalue weighted by molar-refractivity contribution is 5.92. The topological polar surface area (TPSA) is 75.1 Å². The van der Waals surface area contributed by atoms with Crippen molar-refractivity contribution >= 4 is 18.3 Å². The van der Waals surface area contributed by atoms with E-state index in [0.717, 1.165) is 39.0 Å². The lowest BCUT2D eigenvalue weighted by Gasteiger charge is -2.22. The highest BCUT2D eigenvalue weighted by Gasteiger charge is 2.19. The van der Waals surface area contributed by atoms with E-state index < -0.39 is 0 Å². The second-order valence-corrected chi connectivity index (χ2v) is 7.12. The van der Waals surface area contributed by atoms with E-state index in [1.54, 1.807) is 6.20 Å². The Labute approximate surface area is 166 Å². The summed E-state index contributed by atoms with van der Waals surface area (Å²) in [4.78, 5) is 14.6. The molecule has 0 spiro atoms. The number of carbonyl (C=O) groups excluding carboxylic acids is 1. The number of likely N-dealkylation sites (N-methyl/N-ethyl adjacent to an activating group) is 1. The van der Waals surface area contributed by atoms with Crippen molar-refractivity contribution < 1.29 is 4.79 Å². The van der Waals surface area contributed by atoms with Gasteiger partial charge in [-0.3, -0.25) is 4.79 Å². The lowest BCUT2D eigenvalue weighted by molar-refractivity contribution is 0.0926. The second-order valence-electron chi connectivity index (χ2n) is 7.12. The molecule has 1 fully saturated rings. The van der Waals surface area contributed by atoms with E-state index in [9.17, 15) is 4.79 Å². The fourth-order valence-corrected chi connectivity index (χ4v) is 3.40. The lowest BCUT2D eigenvalue weighted by Crippen LogP contribution is -2.40. The zero-order chi connectivity index (χ0) is 18.4. The van der Waals surface area contributed by atoms with Crippen LogP contribution in [-0.4, -0.2) is 58.5 Å². The number of carbonyl (C=O) groups is 1. The molecule has 2 heterocycles. The number of benzene rings is 1. The summed E-state index contributed by atoms with van der Waals surface area (Å²) in [6.45, 7) is 5.60. The summed E-state index contributed by atoms with van der Waals surface area (Å²) in [7, 11) is 2.06. The van der Waals surface area contributed by atoms with E-state index in [4.69, 9.17) is 0 Å². The fraction of sp³-hybridized carbons (Fsp3) is 0.526. The van der Waals surface area contributed by atoms with Gasteiger partial charge in [0.05, 0.1) is 12.2 Å². The van der Waals surface area contributed by atoms with Crippen molar-refractivity contribution in [1.82, 2.24) is 30.5 Å². The van der Waals surface area contributed by atoms with E-state index in [0.29, 0.717) is 11.7 Å². The molecule has 1 saturated heterocycles. The van der Waals surface area contributed by atoms with E-state index in [1.165, 1.54) is 5.56 Å². The average molecular weight is 393 g/mol. The zero-order valence-corrected chi connectivity index (χ0v) is 16.8. The van der Waals surface area contributed by atoms with Crippen LogP contribution in [0.2, 0.25) is 0 Å². The summed E-state index contributed by atoms with van der Waals surface area (Å²) in [6, 6.07) is 10.7. The summed E-state index contributed by atoms with van der Waals surface area (Å²) in [5, 5.41) is 14.6. The maximum atomic E-state index is 12.4. The molecule has 1 aliphatic rings. The molecular formula is C19H29ClN6O. The molecular weight excluding hydrogens is 364 g/mol. The van der Waals surface area contributed by atoms with Crippen LogP contribution in [-0.2, 0) is 6.54 Å². The Hall–Kier alpha value is -1.96. The molecule has 148 valence electrons. The number of piperidine rings is 1. The number of hydrogen-bond acceptors (Lipinski definition) is 5. The number of hydrogen-bond donors (Lipinski definition) is 2. The molecule has 8 heteroatoms. The average Bonchev–Trinajstić information content (AvgIpc) is 3.13. The molecule has 7 nitrogen and oxygen atoms in total. The Morgan fingerprint density at radius 3 is 2.74 bits per heavy atom. The predicted molar refractivity (Wildman–Crippen MR) is 108 cm³/mol. The molecule has 1 amide bonds. The van der Waals surface area contributed by atoms with E-state index >= 15 is 0 Å². The molecule has 1 atom stereocenters. The molecule has 2 N–H and O–H groups in total. The van der Waals surface area contributed by atoms with Gasteiger partial charge in [0, 0.05) is 19.1 Å². The smallest absolute Gasteiger partial charge is 0.273 e. The van der Waals surface area contributed by atoms with Gasteiger partial charge in [-0.05, 0) is 45.5 Å². The number of nitrogens with one attached hydrogen (secondary N) is 2. The fourth-order valence-electron chi connectivity index (χ4n) is 3.40. The van der Waals surface area contributed by atoms with Crippen LogP contribution in [0, 0.1) is 0 Å².